The van der Waals surface area contributed by atoms with Crippen LogP contribution in [-0.2, 0) is 22.7 Å². The summed E-state index contributed by atoms with van der Waals surface area (Å²) in [5.74, 6) is 0.522. The monoisotopic (exact) mass is 320 g/mol. The van der Waals surface area contributed by atoms with Gasteiger partial charge in [-0.3, -0.25) is 9.79 Å². The third-order valence-electron chi connectivity index (χ3n) is 2.92. The Kier molecular flexibility index (Phi) is 7.54. The Labute approximate surface area is 138 Å². The molecule has 0 aliphatic carbocycles. The quantitative estimate of drug-likeness (QED) is 0.547. The molecule has 6 heteroatoms. The second-order valence-electron chi connectivity index (χ2n) is 6.33. The highest BCUT2D eigenvalue weighted by atomic mass is 16.5. The fourth-order valence-electron chi connectivity index (χ4n) is 2.03. The highest BCUT2D eigenvalue weighted by molar-refractivity contribution is 5.86. The maximum atomic E-state index is 11.8. The van der Waals surface area contributed by atoms with Crippen molar-refractivity contribution in [2.24, 2.45) is 4.99 Å². The molecule has 0 radical (unpaired) electrons. The molecule has 0 spiro atoms. The molecule has 1 aromatic carbocycles. The van der Waals surface area contributed by atoms with Crippen LogP contribution in [0.15, 0.2) is 29.3 Å². The first-order chi connectivity index (χ1) is 10.8. The van der Waals surface area contributed by atoms with Crippen LogP contribution in [0, 0.1) is 0 Å². The molecule has 0 heterocycles. The molecule has 0 saturated carbocycles. The van der Waals surface area contributed by atoms with E-state index < -0.39 is 0 Å². The van der Waals surface area contributed by atoms with Crippen LogP contribution in [0.5, 0.6) is 0 Å². The fraction of sp³-hybridized carbons (Fsp3) is 0.529. The third-order valence-corrected chi connectivity index (χ3v) is 2.92. The van der Waals surface area contributed by atoms with Gasteiger partial charge in [-0.15, -0.1) is 0 Å². The summed E-state index contributed by atoms with van der Waals surface area (Å²) in [7, 11) is 3.36. The summed E-state index contributed by atoms with van der Waals surface area (Å²) in [5.41, 5.74) is 2.01. The second-order valence-corrected chi connectivity index (χ2v) is 6.33. The number of hydrogen-bond acceptors (Lipinski definition) is 3. The number of nitrogens with one attached hydrogen (secondary N) is 3. The Morgan fingerprint density at radius 3 is 2.52 bits per heavy atom. The van der Waals surface area contributed by atoms with Gasteiger partial charge in [-0.25, -0.2) is 0 Å². The van der Waals surface area contributed by atoms with E-state index in [0.717, 1.165) is 11.1 Å². The van der Waals surface area contributed by atoms with E-state index in [1.807, 2.05) is 39.0 Å². The van der Waals surface area contributed by atoms with Crippen molar-refractivity contribution < 1.29 is 9.53 Å². The van der Waals surface area contributed by atoms with Crippen molar-refractivity contribution >= 4 is 11.9 Å². The van der Waals surface area contributed by atoms with E-state index in [9.17, 15) is 4.79 Å². The molecule has 3 N–H and O–H groups in total. The lowest BCUT2D eigenvalue weighted by molar-refractivity contribution is -0.121. The number of amides is 1. The maximum absolute atomic E-state index is 11.8. The number of ether oxygens (including phenoxy) is 1. The standard InChI is InChI=1S/C17H28N4O2/c1-17(2,3)21-15(22)11-20-16(18-4)19-10-13-7-6-8-14(9-13)12-23-5/h6-9H,10-12H2,1-5H3,(H,21,22)(H2,18,19,20). The summed E-state index contributed by atoms with van der Waals surface area (Å²) in [4.78, 5) is 15.9. The molecule has 23 heavy (non-hydrogen) atoms. The van der Waals surface area contributed by atoms with Gasteiger partial charge in [0, 0.05) is 26.2 Å². The Bertz CT molecular complexity index is 536. The molecule has 1 aromatic rings. The van der Waals surface area contributed by atoms with Gasteiger partial charge in [-0.2, -0.15) is 0 Å². The van der Waals surface area contributed by atoms with Gasteiger partial charge in [0.1, 0.15) is 0 Å². The zero-order valence-electron chi connectivity index (χ0n) is 14.7. The van der Waals surface area contributed by atoms with E-state index in [1.54, 1.807) is 14.2 Å². The van der Waals surface area contributed by atoms with E-state index in [2.05, 4.69) is 27.0 Å². The molecular formula is C17H28N4O2. The summed E-state index contributed by atoms with van der Waals surface area (Å²) >= 11 is 0. The highest BCUT2D eigenvalue weighted by Crippen LogP contribution is 2.06. The molecule has 1 amide bonds. The van der Waals surface area contributed by atoms with Gasteiger partial charge in [0.25, 0.3) is 0 Å². The molecule has 1 rings (SSSR count). The van der Waals surface area contributed by atoms with Crippen LogP contribution in [0.2, 0.25) is 0 Å². The minimum atomic E-state index is -0.239. The van der Waals surface area contributed by atoms with Crippen LogP contribution in [0.3, 0.4) is 0 Å². The first-order valence-electron chi connectivity index (χ1n) is 7.66. The van der Waals surface area contributed by atoms with Gasteiger partial charge in [0.15, 0.2) is 5.96 Å². The average molecular weight is 320 g/mol. The van der Waals surface area contributed by atoms with Gasteiger partial charge in [0.05, 0.1) is 13.2 Å². The number of carbonyl (C=O) groups is 1. The average Bonchev–Trinajstić information content (AvgIpc) is 2.46. The molecule has 0 atom stereocenters. The van der Waals surface area contributed by atoms with Crippen LogP contribution in [0.1, 0.15) is 31.9 Å². The Balaban J connectivity index is 2.45. The van der Waals surface area contributed by atoms with Crippen molar-refractivity contribution in [3.63, 3.8) is 0 Å². The van der Waals surface area contributed by atoms with Crippen molar-refractivity contribution in [3.05, 3.63) is 35.4 Å². The van der Waals surface area contributed by atoms with Gasteiger partial charge in [-0.1, -0.05) is 24.3 Å². The van der Waals surface area contributed by atoms with Gasteiger partial charge >= 0.3 is 0 Å². The number of benzene rings is 1. The molecule has 0 saturated heterocycles. The van der Waals surface area contributed by atoms with Gasteiger partial charge in [0.2, 0.25) is 5.91 Å². The van der Waals surface area contributed by atoms with Crippen molar-refractivity contribution in [2.75, 3.05) is 20.7 Å². The lowest BCUT2D eigenvalue weighted by Crippen LogP contribution is -2.48. The molecule has 0 aromatic heterocycles. The van der Waals surface area contributed by atoms with E-state index in [-0.39, 0.29) is 18.0 Å². The summed E-state index contributed by atoms with van der Waals surface area (Å²) in [6.07, 6.45) is 0. The second kappa shape index (κ2) is 9.15. The number of rotatable bonds is 6. The fourth-order valence-corrected chi connectivity index (χ4v) is 2.03. The molecule has 0 bridgehead atoms. The van der Waals surface area contributed by atoms with E-state index in [0.29, 0.717) is 19.1 Å². The van der Waals surface area contributed by atoms with E-state index >= 15 is 0 Å². The number of methoxy groups -OCH3 is 1. The molecule has 0 unspecified atom stereocenters. The number of hydrogen-bond donors (Lipinski definition) is 3. The Morgan fingerprint density at radius 2 is 1.91 bits per heavy atom. The topological polar surface area (TPSA) is 74.8 Å². The van der Waals surface area contributed by atoms with Crippen LogP contribution in [0.25, 0.3) is 0 Å². The van der Waals surface area contributed by atoms with E-state index in [1.165, 1.54) is 0 Å². The van der Waals surface area contributed by atoms with Crippen molar-refractivity contribution in [2.45, 2.75) is 39.5 Å². The highest BCUT2D eigenvalue weighted by Gasteiger charge is 2.13. The van der Waals surface area contributed by atoms with Gasteiger partial charge < -0.3 is 20.7 Å². The normalized spacial score (nSPS) is 12.0. The molecule has 128 valence electrons. The first-order valence-corrected chi connectivity index (χ1v) is 7.66. The third kappa shape index (κ3) is 8.21. The Hall–Kier alpha value is -2.08. The summed E-state index contributed by atoms with van der Waals surface area (Å²) < 4.78 is 5.13. The van der Waals surface area contributed by atoms with Crippen LogP contribution in [-0.4, -0.2) is 38.1 Å². The predicted molar refractivity (Wildman–Crippen MR) is 93.3 cm³/mol. The lowest BCUT2D eigenvalue weighted by atomic mass is 10.1. The largest absolute Gasteiger partial charge is 0.380 e. The van der Waals surface area contributed by atoms with Gasteiger partial charge in [-0.05, 0) is 31.9 Å². The molecule has 0 fully saturated rings. The summed E-state index contributed by atoms with van der Waals surface area (Å²) in [6, 6.07) is 8.14. The molecular weight excluding hydrogens is 292 g/mol. The van der Waals surface area contributed by atoms with Crippen molar-refractivity contribution in [1.29, 1.82) is 0 Å². The SMILES string of the molecule is CN=C(NCC(=O)NC(C)(C)C)NCc1cccc(COC)c1. The van der Waals surface area contributed by atoms with Crippen molar-refractivity contribution in [3.8, 4) is 0 Å². The minimum absolute atomic E-state index is 0.0671. The lowest BCUT2D eigenvalue weighted by Gasteiger charge is -2.21. The first kappa shape index (κ1) is 19.0. The predicted octanol–water partition coefficient (Wildman–Crippen LogP) is 1.41. The minimum Gasteiger partial charge on any atom is -0.380 e. The smallest absolute Gasteiger partial charge is 0.239 e. The summed E-state index contributed by atoms with van der Waals surface area (Å²) in [6.45, 7) is 7.24. The molecule has 0 aliphatic heterocycles. The van der Waals surface area contributed by atoms with Crippen LogP contribution in [0.4, 0.5) is 0 Å². The maximum Gasteiger partial charge on any atom is 0.239 e. The number of nitrogens with zero attached hydrogens (tertiary/aromatic N) is 1. The molecule has 0 aliphatic rings. The van der Waals surface area contributed by atoms with Crippen LogP contribution >= 0.6 is 0 Å². The van der Waals surface area contributed by atoms with E-state index in [4.69, 9.17) is 4.74 Å². The van der Waals surface area contributed by atoms with Crippen molar-refractivity contribution in [1.82, 2.24) is 16.0 Å². The zero-order chi connectivity index (χ0) is 17.3. The Morgan fingerprint density at radius 1 is 1.22 bits per heavy atom. The number of guanidine groups is 1. The number of aliphatic imine (C=N–C) groups is 1. The summed E-state index contributed by atoms with van der Waals surface area (Å²) in [5, 5.41) is 9.09. The zero-order valence-corrected chi connectivity index (χ0v) is 14.7. The molecule has 6 nitrogen and oxygen atoms in total. The van der Waals surface area contributed by atoms with Crippen LogP contribution < -0.4 is 16.0 Å². The number of carbonyl (C=O) groups excluding carboxylic acids is 1.